The van der Waals surface area contributed by atoms with Gasteiger partial charge in [0.2, 0.25) is 0 Å². The number of rotatable bonds is 5. The second-order valence-corrected chi connectivity index (χ2v) is 5.04. The number of ether oxygens (including phenoxy) is 1. The normalized spacial score (nSPS) is 24.5. The molecular weight excluding hydrogens is 184 g/mol. The number of hydrogen-bond acceptors (Lipinski definition) is 1. The van der Waals surface area contributed by atoms with Gasteiger partial charge < -0.3 is 4.74 Å². The molecule has 2 aliphatic rings. The molecule has 86 valence electrons. The minimum absolute atomic E-state index is 0.588. The van der Waals surface area contributed by atoms with Gasteiger partial charge in [-0.25, -0.2) is 0 Å². The van der Waals surface area contributed by atoms with Crippen molar-refractivity contribution in [3.63, 3.8) is 0 Å². The second-order valence-electron chi connectivity index (χ2n) is 5.04. The van der Waals surface area contributed by atoms with E-state index in [-0.39, 0.29) is 0 Å². The zero-order valence-electron chi connectivity index (χ0n) is 9.79. The quantitative estimate of drug-likeness (QED) is 0.488. The molecule has 0 saturated heterocycles. The molecule has 0 unspecified atom stereocenters. The zero-order valence-corrected chi connectivity index (χ0v) is 9.79. The van der Waals surface area contributed by atoms with Crippen LogP contribution in [0, 0.1) is 5.92 Å². The Morgan fingerprint density at radius 1 is 0.933 bits per heavy atom. The molecule has 0 amide bonds. The van der Waals surface area contributed by atoms with Gasteiger partial charge in [-0.2, -0.15) is 0 Å². The Hall–Kier alpha value is -0.300. The summed E-state index contributed by atoms with van der Waals surface area (Å²) in [5.41, 5.74) is 0. The molecule has 0 spiro atoms. The van der Waals surface area contributed by atoms with Crippen molar-refractivity contribution >= 4 is 0 Å². The van der Waals surface area contributed by atoms with E-state index in [0.717, 1.165) is 18.9 Å². The fourth-order valence-electron chi connectivity index (χ4n) is 2.80. The lowest BCUT2D eigenvalue weighted by molar-refractivity contribution is 0.0617. The highest BCUT2D eigenvalue weighted by atomic mass is 16.5. The minimum Gasteiger partial charge on any atom is -0.378 e. The van der Waals surface area contributed by atoms with E-state index >= 15 is 0 Å². The van der Waals surface area contributed by atoms with Gasteiger partial charge in [0.05, 0.1) is 12.7 Å². The maximum Gasteiger partial charge on any atom is 0.0575 e. The molecule has 0 aromatic rings. The Balaban J connectivity index is 1.50. The average Bonchev–Trinajstić information content (AvgIpc) is 2.88. The van der Waals surface area contributed by atoms with Gasteiger partial charge in [0.15, 0.2) is 0 Å². The molecule has 2 aliphatic carbocycles. The lowest BCUT2D eigenvalue weighted by Crippen LogP contribution is -2.07. The predicted molar refractivity (Wildman–Crippen MR) is 63.9 cm³/mol. The first-order valence-electron chi connectivity index (χ1n) is 6.73. The lowest BCUT2D eigenvalue weighted by atomic mass is 10.1. The fourth-order valence-corrected chi connectivity index (χ4v) is 2.80. The summed E-state index contributed by atoms with van der Waals surface area (Å²) in [5, 5.41) is 0. The van der Waals surface area contributed by atoms with Gasteiger partial charge in [0, 0.05) is 0 Å². The Morgan fingerprint density at radius 2 is 1.60 bits per heavy atom. The first-order chi connectivity index (χ1) is 7.45. The van der Waals surface area contributed by atoms with Crippen molar-refractivity contribution < 1.29 is 4.74 Å². The molecule has 0 bridgehead atoms. The molecule has 0 aromatic heterocycles. The van der Waals surface area contributed by atoms with Crippen molar-refractivity contribution in [2.75, 3.05) is 6.61 Å². The summed E-state index contributed by atoms with van der Waals surface area (Å²) in [4.78, 5) is 0. The van der Waals surface area contributed by atoms with Crippen molar-refractivity contribution in [3.05, 3.63) is 12.2 Å². The van der Waals surface area contributed by atoms with Crippen LogP contribution in [0.5, 0.6) is 0 Å². The van der Waals surface area contributed by atoms with Gasteiger partial charge in [-0.15, -0.1) is 0 Å². The van der Waals surface area contributed by atoms with Crippen LogP contribution in [0.25, 0.3) is 0 Å². The van der Waals surface area contributed by atoms with Gasteiger partial charge in [-0.3, -0.25) is 0 Å². The molecular formula is C14H24O. The van der Waals surface area contributed by atoms with E-state index in [1.807, 2.05) is 0 Å². The minimum atomic E-state index is 0.588. The van der Waals surface area contributed by atoms with E-state index in [4.69, 9.17) is 4.74 Å². The third kappa shape index (κ3) is 3.98. The number of allylic oxidation sites excluding steroid dienone is 1. The van der Waals surface area contributed by atoms with E-state index in [0.29, 0.717) is 6.10 Å². The molecule has 15 heavy (non-hydrogen) atoms. The van der Waals surface area contributed by atoms with Crippen molar-refractivity contribution in [1.82, 2.24) is 0 Å². The Kier molecular flexibility index (Phi) is 4.72. The smallest absolute Gasteiger partial charge is 0.0575 e. The van der Waals surface area contributed by atoms with Gasteiger partial charge in [-0.05, 0) is 38.0 Å². The van der Waals surface area contributed by atoms with Crippen LogP contribution >= 0.6 is 0 Å². The van der Waals surface area contributed by atoms with Crippen LogP contribution in [0.2, 0.25) is 0 Å². The zero-order chi connectivity index (χ0) is 10.3. The molecule has 0 radical (unpaired) electrons. The summed E-state index contributed by atoms with van der Waals surface area (Å²) in [6.45, 7) is 0.938. The maximum atomic E-state index is 5.82. The molecule has 2 fully saturated rings. The van der Waals surface area contributed by atoms with Crippen LogP contribution < -0.4 is 0 Å². The molecule has 0 aromatic carbocycles. The SMILES string of the molecule is C(=C\C1CCCC1)/CCOC1CCCC1. The van der Waals surface area contributed by atoms with Crippen LogP contribution in [-0.4, -0.2) is 12.7 Å². The van der Waals surface area contributed by atoms with Crippen molar-refractivity contribution in [2.24, 2.45) is 5.92 Å². The molecule has 1 heteroatoms. The van der Waals surface area contributed by atoms with E-state index in [1.54, 1.807) is 0 Å². The van der Waals surface area contributed by atoms with Crippen LogP contribution in [0.1, 0.15) is 57.8 Å². The van der Waals surface area contributed by atoms with Gasteiger partial charge in [0.25, 0.3) is 0 Å². The van der Waals surface area contributed by atoms with Crippen LogP contribution in [-0.2, 0) is 4.74 Å². The topological polar surface area (TPSA) is 9.23 Å². The van der Waals surface area contributed by atoms with Gasteiger partial charge in [-0.1, -0.05) is 37.8 Å². The Bertz CT molecular complexity index is 186. The second kappa shape index (κ2) is 6.32. The summed E-state index contributed by atoms with van der Waals surface area (Å²) in [5.74, 6) is 0.886. The van der Waals surface area contributed by atoms with Crippen molar-refractivity contribution in [1.29, 1.82) is 0 Å². The van der Waals surface area contributed by atoms with Crippen molar-refractivity contribution in [3.8, 4) is 0 Å². The monoisotopic (exact) mass is 208 g/mol. The van der Waals surface area contributed by atoms with Crippen LogP contribution in [0.3, 0.4) is 0 Å². The van der Waals surface area contributed by atoms with E-state index in [1.165, 1.54) is 51.4 Å². The summed E-state index contributed by atoms with van der Waals surface area (Å²) < 4.78 is 5.82. The maximum absolute atomic E-state index is 5.82. The molecule has 2 saturated carbocycles. The van der Waals surface area contributed by atoms with Crippen molar-refractivity contribution in [2.45, 2.75) is 63.9 Å². The molecule has 0 N–H and O–H groups in total. The molecule has 1 nitrogen and oxygen atoms in total. The first kappa shape index (κ1) is 11.2. The van der Waals surface area contributed by atoms with Gasteiger partial charge in [0.1, 0.15) is 0 Å². The molecule has 0 heterocycles. The number of hydrogen-bond donors (Lipinski definition) is 0. The average molecular weight is 208 g/mol. The molecule has 0 atom stereocenters. The fraction of sp³-hybridized carbons (Fsp3) is 0.857. The highest BCUT2D eigenvalue weighted by Crippen LogP contribution is 2.25. The third-order valence-electron chi connectivity index (χ3n) is 3.75. The third-order valence-corrected chi connectivity index (χ3v) is 3.75. The predicted octanol–water partition coefficient (Wildman–Crippen LogP) is 4.08. The summed E-state index contributed by atoms with van der Waals surface area (Å²) in [7, 11) is 0. The highest BCUT2D eigenvalue weighted by molar-refractivity contribution is 4.90. The lowest BCUT2D eigenvalue weighted by Gasteiger charge is -2.09. The Labute approximate surface area is 93.9 Å². The first-order valence-corrected chi connectivity index (χ1v) is 6.73. The molecule has 2 rings (SSSR count). The summed E-state index contributed by atoms with van der Waals surface area (Å²) >= 11 is 0. The molecule has 0 aliphatic heterocycles. The van der Waals surface area contributed by atoms with Crippen LogP contribution in [0.15, 0.2) is 12.2 Å². The summed E-state index contributed by atoms with van der Waals surface area (Å²) in [6, 6.07) is 0. The van der Waals surface area contributed by atoms with Crippen LogP contribution in [0.4, 0.5) is 0 Å². The largest absolute Gasteiger partial charge is 0.378 e. The Morgan fingerprint density at radius 3 is 2.33 bits per heavy atom. The van der Waals surface area contributed by atoms with Gasteiger partial charge >= 0.3 is 0 Å². The van der Waals surface area contributed by atoms with E-state index in [2.05, 4.69) is 12.2 Å². The standard InChI is InChI=1S/C14H24O/c1-2-8-13(7-1)9-5-6-12-15-14-10-3-4-11-14/h5,9,13-14H,1-4,6-8,10-12H2/b9-5+. The van der Waals surface area contributed by atoms with E-state index in [9.17, 15) is 0 Å². The highest BCUT2D eigenvalue weighted by Gasteiger charge is 2.14. The summed E-state index contributed by atoms with van der Waals surface area (Å²) in [6.07, 6.45) is 17.5. The van der Waals surface area contributed by atoms with E-state index < -0.39 is 0 Å².